The van der Waals surface area contributed by atoms with Crippen molar-refractivity contribution in [2.24, 2.45) is 0 Å². The van der Waals surface area contributed by atoms with E-state index in [1.54, 1.807) is 26.2 Å². The Bertz CT molecular complexity index is 416. The summed E-state index contributed by atoms with van der Waals surface area (Å²) in [6, 6.07) is 3.57. The van der Waals surface area contributed by atoms with E-state index in [9.17, 15) is 4.79 Å². The lowest BCUT2D eigenvalue weighted by Gasteiger charge is -2.08. The van der Waals surface area contributed by atoms with Gasteiger partial charge in [0.25, 0.3) is 0 Å². The number of hydrogen-bond donors (Lipinski definition) is 0. The van der Waals surface area contributed by atoms with Crippen molar-refractivity contribution in [2.75, 3.05) is 13.9 Å². The molecule has 5 nitrogen and oxygen atoms in total. The molecule has 1 aliphatic rings. The smallest absolute Gasteiger partial charge is 0.238 e. The molecule has 0 saturated carbocycles. The second kappa shape index (κ2) is 5.16. The van der Waals surface area contributed by atoms with Crippen LogP contribution < -0.4 is 9.47 Å². The molecule has 92 valence electrons. The highest BCUT2D eigenvalue weighted by Crippen LogP contribution is 2.38. The Morgan fingerprint density at radius 1 is 1.41 bits per heavy atom. The summed E-state index contributed by atoms with van der Waals surface area (Å²) in [5, 5.41) is 0. The van der Waals surface area contributed by atoms with Crippen LogP contribution in [-0.2, 0) is 16.1 Å². The third kappa shape index (κ3) is 2.40. The van der Waals surface area contributed by atoms with Gasteiger partial charge >= 0.3 is 0 Å². The summed E-state index contributed by atoms with van der Waals surface area (Å²) in [5.74, 6) is 1.08. The molecule has 0 saturated heterocycles. The van der Waals surface area contributed by atoms with Crippen molar-refractivity contribution in [2.45, 2.75) is 19.8 Å². The Kier molecular flexibility index (Phi) is 3.61. The highest BCUT2D eigenvalue weighted by molar-refractivity contribution is 5.84. The molecule has 0 radical (unpaired) electrons. The van der Waals surface area contributed by atoms with Crippen molar-refractivity contribution >= 4 is 6.29 Å². The minimum absolute atomic E-state index is 0.184. The fourth-order valence-corrected chi connectivity index (χ4v) is 1.69. The van der Waals surface area contributed by atoms with Crippen LogP contribution in [0, 0.1) is 0 Å². The van der Waals surface area contributed by atoms with E-state index in [4.69, 9.17) is 18.9 Å². The van der Waals surface area contributed by atoms with Crippen LogP contribution in [0.25, 0.3) is 0 Å². The lowest BCUT2D eigenvalue weighted by Crippen LogP contribution is -2.11. The van der Waals surface area contributed by atoms with Gasteiger partial charge in [0.1, 0.15) is 6.79 Å². The molecule has 0 aliphatic carbocycles. The highest BCUT2D eigenvalue weighted by atomic mass is 16.7. The van der Waals surface area contributed by atoms with E-state index in [-0.39, 0.29) is 13.1 Å². The fraction of sp³-hybridized carbons (Fsp3) is 0.417. The number of aldehydes is 1. The summed E-state index contributed by atoms with van der Waals surface area (Å²) in [7, 11) is 1.54. The molecule has 17 heavy (non-hydrogen) atoms. The second-order valence-corrected chi connectivity index (χ2v) is 3.64. The second-order valence-electron chi connectivity index (χ2n) is 3.64. The van der Waals surface area contributed by atoms with E-state index in [0.29, 0.717) is 23.7 Å². The summed E-state index contributed by atoms with van der Waals surface area (Å²) in [6.07, 6.45) is 0.394. The van der Waals surface area contributed by atoms with Gasteiger partial charge in [0.2, 0.25) is 6.29 Å². The van der Waals surface area contributed by atoms with Gasteiger partial charge in [-0.15, -0.1) is 0 Å². The summed E-state index contributed by atoms with van der Waals surface area (Å²) in [5.41, 5.74) is 1.23. The van der Waals surface area contributed by atoms with Crippen LogP contribution >= 0.6 is 0 Å². The zero-order chi connectivity index (χ0) is 12.3. The maximum Gasteiger partial charge on any atom is 0.238 e. The lowest BCUT2D eigenvalue weighted by atomic mass is 10.1. The average Bonchev–Trinajstić information content (AvgIpc) is 2.69. The predicted molar refractivity (Wildman–Crippen MR) is 59.2 cm³/mol. The first-order valence-corrected chi connectivity index (χ1v) is 5.27. The standard InChI is InChI=1S/C12H14O5/c1-8-16-11-4-3-9(6-15-7-14-2)10(5-13)12(11)17-8/h3-5,8H,6-7H2,1-2H3/t8-/m0/s1. The van der Waals surface area contributed by atoms with Gasteiger partial charge in [-0.2, -0.15) is 0 Å². The van der Waals surface area contributed by atoms with Crippen molar-refractivity contribution in [1.82, 2.24) is 0 Å². The van der Waals surface area contributed by atoms with Crippen LogP contribution in [0.3, 0.4) is 0 Å². The van der Waals surface area contributed by atoms with E-state index in [1.165, 1.54) is 0 Å². The van der Waals surface area contributed by atoms with Gasteiger partial charge in [0.15, 0.2) is 17.8 Å². The predicted octanol–water partition coefficient (Wildman–Crippen LogP) is 1.74. The van der Waals surface area contributed by atoms with Gasteiger partial charge in [-0.1, -0.05) is 6.07 Å². The zero-order valence-corrected chi connectivity index (χ0v) is 9.76. The molecule has 1 aliphatic heterocycles. The molecule has 0 amide bonds. The SMILES string of the molecule is COCOCc1ccc2c(c1C=O)O[C@@H](C)O2. The summed E-state index contributed by atoms with van der Waals surface area (Å²) in [4.78, 5) is 11.1. The zero-order valence-electron chi connectivity index (χ0n) is 9.76. The van der Waals surface area contributed by atoms with Crippen LogP contribution in [0.1, 0.15) is 22.8 Å². The quantitative estimate of drug-likeness (QED) is 0.444. The molecule has 0 spiro atoms. The molecule has 1 aromatic carbocycles. The van der Waals surface area contributed by atoms with Gasteiger partial charge in [-0.3, -0.25) is 4.79 Å². The Morgan fingerprint density at radius 2 is 2.24 bits per heavy atom. The largest absolute Gasteiger partial charge is 0.451 e. The maximum absolute atomic E-state index is 11.1. The van der Waals surface area contributed by atoms with Crippen molar-refractivity contribution in [3.8, 4) is 11.5 Å². The number of benzene rings is 1. The highest BCUT2D eigenvalue weighted by Gasteiger charge is 2.25. The van der Waals surface area contributed by atoms with E-state index in [2.05, 4.69) is 0 Å². The van der Waals surface area contributed by atoms with Crippen LogP contribution in [0.5, 0.6) is 11.5 Å². The molecular formula is C12H14O5. The molecule has 1 atom stereocenters. The Balaban J connectivity index is 2.23. The third-order valence-electron chi connectivity index (χ3n) is 2.40. The average molecular weight is 238 g/mol. The molecule has 0 fully saturated rings. The van der Waals surface area contributed by atoms with E-state index >= 15 is 0 Å². The van der Waals surface area contributed by atoms with Gasteiger partial charge in [-0.05, 0) is 11.6 Å². The van der Waals surface area contributed by atoms with E-state index in [1.807, 2.05) is 0 Å². The van der Waals surface area contributed by atoms with Gasteiger partial charge in [0, 0.05) is 14.0 Å². The first-order valence-electron chi connectivity index (χ1n) is 5.27. The molecule has 5 heteroatoms. The third-order valence-corrected chi connectivity index (χ3v) is 2.40. The normalized spacial score (nSPS) is 17.2. The first-order chi connectivity index (χ1) is 8.26. The molecule has 1 aromatic rings. The topological polar surface area (TPSA) is 54.0 Å². The molecule has 2 rings (SSSR count). The fourth-order valence-electron chi connectivity index (χ4n) is 1.69. The molecule has 0 aromatic heterocycles. The van der Waals surface area contributed by atoms with Crippen LogP contribution in [0.4, 0.5) is 0 Å². The summed E-state index contributed by atoms with van der Waals surface area (Å²) in [6.45, 7) is 2.26. The van der Waals surface area contributed by atoms with Gasteiger partial charge in [-0.25, -0.2) is 0 Å². The first kappa shape index (κ1) is 11.9. The molecular weight excluding hydrogens is 224 g/mol. The summed E-state index contributed by atoms with van der Waals surface area (Å²) < 4.78 is 20.8. The van der Waals surface area contributed by atoms with Crippen LogP contribution in [0.2, 0.25) is 0 Å². The number of carbonyl (C=O) groups excluding carboxylic acids is 1. The Labute approximate surface area is 99.2 Å². The monoisotopic (exact) mass is 238 g/mol. The molecule has 0 bridgehead atoms. The van der Waals surface area contributed by atoms with Gasteiger partial charge < -0.3 is 18.9 Å². The lowest BCUT2D eigenvalue weighted by molar-refractivity contribution is -0.0392. The molecule has 0 unspecified atom stereocenters. The Morgan fingerprint density at radius 3 is 2.94 bits per heavy atom. The summed E-state index contributed by atoms with van der Waals surface area (Å²) >= 11 is 0. The van der Waals surface area contributed by atoms with Crippen LogP contribution in [0.15, 0.2) is 12.1 Å². The molecule has 1 heterocycles. The van der Waals surface area contributed by atoms with Crippen molar-refractivity contribution in [3.05, 3.63) is 23.3 Å². The number of carbonyl (C=O) groups is 1. The number of fused-ring (bicyclic) bond motifs is 1. The Hall–Kier alpha value is -1.59. The van der Waals surface area contributed by atoms with Crippen LogP contribution in [-0.4, -0.2) is 26.5 Å². The van der Waals surface area contributed by atoms with Crippen molar-refractivity contribution in [1.29, 1.82) is 0 Å². The maximum atomic E-state index is 11.1. The van der Waals surface area contributed by atoms with E-state index in [0.717, 1.165) is 11.8 Å². The number of ether oxygens (including phenoxy) is 4. The minimum Gasteiger partial charge on any atom is -0.451 e. The van der Waals surface area contributed by atoms with Crippen molar-refractivity contribution in [3.63, 3.8) is 0 Å². The number of hydrogen-bond acceptors (Lipinski definition) is 5. The number of rotatable bonds is 5. The van der Waals surface area contributed by atoms with Gasteiger partial charge in [0.05, 0.1) is 12.2 Å². The van der Waals surface area contributed by atoms with Crippen molar-refractivity contribution < 1.29 is 23.7 Å². The number of methoxy groups -OCH3 is 1. The minimum atomic E-state index is -0.362. The van der Waals surface area contributed by atoms with E-state index < -0.39 is 0 Å². The molecule has 0 N–H and O–H groups in total.